The fourth-order valence-corrected chi connectivity index (χ4v) is 1.76. The molecule has 0 bridgehead atoms. The average molecular weight is 286 g/mol. The average Bonchev–Trinajstić information content (AvgIpc) is 2.20. The van der Waals surface area contributed by atoms with Gasteiger partial charge in [-0.1, -0.05) is 22.0 Å². The number of benzene rings is 1. The molecule has 0 fully saturated rings. The van der Waals surface area contributed by atoms with Crippen molar-refractivity contribution >= 4 is 21.9 Å². The third-order valence-corrected chi connectivity index (χ3v) is 3.34. The van der Waals surface area contributed by atoms with Crippen LogP contribution < -0.4 is 0 Å². The highest BCUT2D eigenvalue weighted by molar-refractivity contribution is 9.10. The van der Waals surface area contributed by atoms with E-state index >= 15 is 0 Å². The summed E-state index contributed by atoms with van der Waals surface area (Å²) < 4.78 is 0.847. The first-order valence-electron chi connectivity index (χ1n) is 5.13. The second-order valence-corrected chi connectivity index (χ2v) is 4.97. The van der Waals surface area contributed by atoms with Gasteiger partial charge in [0.05, 0.1) is 5.56 Å². The number of hydrogen-bond donors (Lipinski definition) is 1. The minimum absolute atomic E-state index is 0.308. The van der Waals surface area contributed by atoms with Gasteiger partial charge in [0.1, 0.15) is 0 Å². The van der Waals surface area contributed by atoms with Gasteiger partial charge in [0, 0.05) is 17.1 Å². The normalized spacial score (nSPS) is 11.1. The van der Waals surface area contributed by atoms with Gasteiger partial charge >= 0.3 is 5.97 Å². The summed E-state index contributed by atoms with van der Waals surface area (Å²) in [5.41, 5.74) is 1.41. The van der Waals surface area contributed by atoms with E-state index in [2.05, 4.69) is 34.7 Å². The first-order chi connectivity index (χ1) is 7.41. The van der Waals surface area contributed by atoms with Crippen LogP contribution in [0, 0.1) is 0 Å². The highest BCUT2D eigenvalue weighted by Gasteiger charge is 2.09. The van der Waals surface area contributed by atoms with E-state index in [1.54, 1.807) is 12.1 Å². The minimum Gasteiger partial charge on any atom is -0.478 e. The maximum atomic E-state index is 10.8. The summed E-state index contributed by atoms with van der Waals surface area (Å²) in [4.78, 5) is 13.0. The third-order valence-electron chi connectivity index (χ3n) is 2.60. The summed E-state index contributed by atoms with van der Waals surface area (Å²) in [5, 5.41) is 8.84. The molecule has 1 aromatic carbocycles. The Bertz CT molecular complexity index is 391. The van der Waals surface area contributed by atoms with Crippen LogP contribution in [0.3, 0.4) is 0 Å². The van der Waals surface area contributed by atoms with Crippen molar-refractivity contribution in [1.82, 2.24) is 4.90 Å². The lowest BCUT2D eigenvalue weighted by Crippen LogP contribution is -2.25. The van der Waals surface area contributed by atoms with Gasteiger partial charge in [-0.05, 0) is 38.6 Å². The van der Waals surface area contributed by atoms with Crippen molar-refractivity contribution < 1.29 is 9.90 Å². The smallest absolute Gasteiger partial charge is 0.335 e. The number of halogens is 1. The molecule has 0 aliphatic rings. The molecule has 0 aromatic heterocycles. The van der Waals surface area contributed by atoms with Crippen molar-refractivity contribution in [1.29, 1.82) is 0 Å². The Morgan fingerprint density at radius 2 is 2.12 bits per heavy atom. The topological polar surface area (TPSA) is 40.5 Å². The molecular formula is C12H16BrNO2. The number of carbonyl (C=O) groups is 1. The van der Waals surface area contributed by atoms with Gasteiger partial charge in [-0.25, -0.2) is 4.79 Å². The Balaban J connectivity index is 2.87. The summed E-state index contributed by atoms with van der Waals surface area (Å²) in [6.45, 7) is 5.05. The SMILES string of the molecule is CC(C)N(C)Cc1ccc(C(=O)O)cc1Br. The molecule has 0 aliphatic heterocycles. The van der Waals surface area contributed by atoms with E-state index in [4.69, 9.17) is 5.11 Å². The lowest BCUT2D eigenvalue weighted by molar-refractivity contribution is 0.0697. The van der Waals surface area contributed by atoms with Crippen LogP contribution in [0.25, 0.3) is 0 Å². The molecule has 1 rings (SSSR count). The number of carboxylic acid groups (broad SMARTS) is 1. The van der Waals surface area contributed by atoms with Crippen molar-refractivity contribution in [3.8, 4) is 0 Å². The van der Waals surface area contributed by atoms with Crippen LogP contribution in [0.1, 0.15) is 29.8 Å². The van der Waals surface area contributed by atoms with Gasteiger partial charge in [-0.15, -0.1) is 0 Å². The van der Waals surface area contributed by atoms with Gasteiger partial charge in [0.15, 0.2) is 0 Å². The Hall–Kier alpha value is -0.870. The molecule has 0 aliphatic carbocycles. The predicted molar refractivity (Wildman–Crippen MR) is 67.7 cm³/mol. The number of rotatable bonds is 4. The fourth-order valence-electron chi connectivity index (χ4n) is 1.26. The zero-order valence-electron chi connectivity index (χ0n) is 9.70. The molecule has 0 saturated heterocycles. The Morgan fingerprint density at radius 3 is 2.56 bits per heavy atom. The van der Waals surface area contributed by atoms with E-state index in [-0.39, 0.29) is 0 Å². The highest BCUT2D eigenvalue weighted by Crippen LogP contribution is 2.20. The molecule has 0 saturated carbocycles. The Morgan fingerprint density at radius 1 is 1.50 bits per heavy atom. The predicted octanol–water partition coefficient (Wildman–Crippen LogP) is 2.99. The van der Waals surface area contributed by atoms with Crippen molar-refractivity contribution in [2.24, 2.45) is 0 Å². The van der Waals surface area contributed by atoms with Gasteiger partial charge in [-0.3, -0.25) is 4.90 Å². The Kier molecular flexibility index (Phi) is 4.50. The van der Waals surface area contributed by atoms with Crippen LogP contribution in [-0.2, 0) is 6.54 Å². The number of nitrogens with zero attached hydrogens (tertiary/aromatic N) is 1. The monoisotopic (exact) mass is 285 g/mol. The van der Waals surface area contributed by atoms with E-state index in [0.29, 0.717) is 11.6 Å². The highest BCUT2D eigenvalue weighted by atomic mass is 79.9. The summed E-state index contributed by atoms with van der Waals surface area (Å²) in [6.07, 6.45) is 0. The first-order valence-corrected chi connectivity index (χ1v) is 5.93. The summed E-state index contributed by atoms with van der Waals surface area (Å²) in [6, 6.07) is 5.60. The van der Waals surface area contributed by atoms with Crippen molar-refractivity contribution in [3.05, 3.63) is 33.8 Å². The second kappa shape index (κ2) is 5.46. The zero-order valence-corrected chi connectivity index (χ0v) is 11.3. The van der Waals surface area contributed by atoms with Gasteiger partial charge in [0.25, 0.3) is 0 Å². The lowest BCUT2D eigenvalue weighted by Gasteiger charge is -2.21. The van der Waals surface area contributed by atoms with Crippen LogP contribution in [0.2, 0.25) is 0 Å². The van der Waals surface area contributed by atoms with E-state index in [9.17, 15) is 4.79 Å². The fraction of sp³-hybridized carbons (Fsp3) is 0.417. The van der Waals surface area contributed by atoms with Crippen molar-refractivity contribution in [3.63, 3.8) is 0 Å². The molecule has 0 amide bonds. The molecule has 3 nitrogen and oxygen atoms in total. The van der Waals surface area contributed by atoms with Crippen molar-refractivity contribution in [2.45, 2.75) is 26.4 Å². The molecule has 0 atom stereocenters. The largest absolute Gasteiger partial charge is 0.478 e. The molecule has 16 heavy (non-hydrogen) atoms. The van der Waals surface area contributed by atoms with E-state index in [0.717, 1.165) is 16.6 Å². The molecule has 88 valence electrons. The number of aromatic carboxylic acids is 1. The quantitative estimate of drug-likeness (QED) is 0.925. The van der Waals surface area contributed by atoms with Crippen molar-refractivity contribution in [2.75, 3.05) is 7.05 Å². The number of hydrogen-bond acceptors (Lipinski definition) is 2. The molecule has 0 unspecified atom stereocenters. The second-order valence-electron chi connectivity index (χ2n) is 4.12. The van der Waals surface area contributed by atoms with Crippen LogP contribution in [0.4, 0.5) is 0 Å². The minimum atomic E-state index is -0.899. The number of carboxylic acids is 1. The van der Waals surface area contributed by atoms with Gasteiger partial charge < -0.3 is 5.11 Å². The van der Waals surface area contributed by atoms with E-state index in [1.807, 2.05) is 13.1 Å². The summed E-state index contributed by atoms with van der Waals surface area (Å²) in [7, 11) is 2.04. The molecule has 1 N–H and O–H groups in total. The third kappa shape index (κ3) is 3.32. The van der Waals surface area contributed by atoms with Crippen LogP contribution >= 0.6 is 15.9 Å². The maximum absolute atomic E-state index is 10.8. The Labute approximate surface area is 104 Å². The zero-order chi connectivity index (χ0) is 12.3. The molecule has 1 aromatic rings. The molecule has 4 heteroatoms. The van der Waals surface area contributed by atoms with Crippen LogP contribution in [-0.4, -0.2) is 29.1 Å². The standard InChI is InChI=1S/C12H16BrNO2/c1-8(2)14(3)7-10-5-4-9(12(15)16)6-11(10)13/h4-6,8H,7H2,1-3H3,(H,15,16). The van der Waals surface area contributed by atoms with E-state index in [1.165, 1.54) is 0 Å². The lowest BCUT2D eigenvalue weighted by atomic mass is 10.1. The molecular weight excluding hydrogens is 270 g/mol. The molecule has 0 heterocycles. The van der Waals surface area contributed by atoms with E-state index < -0.39 is 5.97 Å². The van der Waals surface area contributed by atoms with Crippen LogP contribution in [0.15, 0.2) is 22.7 Å². The first kappa shape index (κ1) is 13.2. The summed E-state index contributed by atoms with van der Waals surface area (Å²) >= 11 is 3.40. The van der Waals surface area contributed by atoms with Crippen LogP contribution in [0.5, 0.6) is 0 Å². The summed E-state index contributed by atoms with van der Waals surface area (Å²) in [5.74, 6) is -0.899. The molecule has 0 radical (unpaired) electrons. The van der Waals surface area contributed by atoms with Gasteiger partial charge in [-0.2, -0.15) is 0 Å². The molecule has 0 spiro atoms. The van der Waals surface area contributed by atoms with Gasteiger partial charge in [0.2, 0.25) is 0 Å². The maximum Gasteiger partial charge on any atom is 0.335 e.